The topological polar surface area (TPSA) is 98.2 Å². The molecule has 4 aromatic rings. The van der Waals surface area contributed by atoms with E-state index in [1.165, 1.54) is 0 Å². The van der Waals surface area contributed by atoms with Crippen molar-refractivity contribution in [1.82, 2.24) is 25.0 Å². The number of benzene rings is 2. The molecule has 9 heteroatoms. The molecule has 0 radical (unpaired) electrons. The molecular weight excluding hydrogens is 384 g/mol. The van der Waals surface area contributed by atoms with Crippen LogP contribution in [0.15, 0.2) is 47.3 Å². The molecule has 1 aliphatic heterocycles. The summed E-state index contributed by atoms with van der Waals surface area (Å²) in [5.41, 5.74) is 1.42. The molecule has 0 bridgehead atoms. The summed E-state index contributed by atoms with van der Waals surface area (Å²) in [6.07, 6.45) is 0. The van der Waals surface area contributed by atoms with Gasteiger partial charge in [0.05, 0.1) is 5.39 Å². The van der Waals surface area contributed by atoms with Crippen molar-refractivity contribution in [1.29, 1.82) is 0 Å². The van der Waals surface area contributed by atoms with E-state index >= 15 is 0 Å². The van der Waals surface area contributed by atoms with Crippen LogP contribution in [-0.4, -0.2) is 45.2 Å². The number of H-pyrrole nitrogens is 1. The normalized spacial score (nSPS) is 12.9. The zero-order chi connectivity index (χ0) is 20.7. The highest BCUT2D eigenvalue weighted by molar-refractivity contribution is 5.92. The lowest BCUT2D eigenvalue weighted by Gasteiger charge is -2.21. The molecule has 0 saturated carbocycles. The van der Waals surface area contributed by atoms with Crippen molar-refractivity contribution >= 4 is 16.7 Å². The molecule has 0 atom stereocenters. The molecule has 0 aliphatic carbocycles. The second-order valence-corrected chi connectivity index (χ2v) is 7.16. The summed E-state index contributed by atoms with van der Waals surface area (Å²) in [5, 5.41) is 16.8. The first-order valence-corrected chi connectivity index (χ1v) is 9.58. The van der Waals surface area contributed by atoms with Gasteiger partial charge >= 0.3 is 0 Å². The fourth-order valence-electron chi connectivity index (χ4n) is 3.68. The number of nitrogens with one attached hydrogen (secondary N) is 1. The first kappa shape index (κ1) is 18.2. The highest BCUT2D eigenvalue weighted by atomic mass is 16.6. The van der Waals surface area contributed by atoms with E-state index in [4.69, 9.17) is 9.47 Å². The van der Waals surface area contributed by atoms with Gasteiger partial charge in [0.15, 0.2) is 17.3 Å². The van der Waals surface area contributed by atoms with Crippen LogP contribution in [0.3, 0.4) is 0 Å². The maximum Gasteiger partial charge on any atom is 0.272 e. The molecule has 30 heavy (non-hydrogen) atoms. The molecule has 5 rings (SSSR count). The first-order chi connectivity index (χ1) is 14.6. The predicted octanol–water partition coefficient (Wildman–Crippen LogP) is 2.13. The Morgan fingerprint density at radius 3 is 2.67 bits per heavy atom. The number of hydrogen-bond donors (Lipinski definition) is 1. The molecule has 0 spiro atoms. The Hall–Kier alpha value is -3.88. The van der Waals surface area contributed by atoms with Crippen LogP contribution in [0.2, 0.25) is 0 Å². The fraction of sp³-hybridized carbons (Fsp3) is 0.238. The largest absolute Gasteiger partial charge is 0.486 e. The predicted molar refractivity (Wildman–Crippen MR) is 112 cm³/mol. The zero-order valence-corrected chi connectivity index (χ0v) is 16.6. The van der Waals surface area contributed by atoms with Gasteiger partial charge in [-0.15, -0.1) is 10.2 Å². The standard InChI is InChI=1S/C21H20N6O3/c1-26(12-13-7-8-16-17(11-13)30-10-9-29-16)21-25-23-19(27(21)2)18-14-5-3-4-6-15(14)20(28)24-22-18/h3-8,11H,9-10,12H2,1-2H3,(H,24,28). The molecular formula is C21H20N6O3. The van der Waals surface area contributed by atoms with Gasteiger partial charge < -0.3 is 14.4 Å². The Morgan fingerprint density at radius 2 is 1.83 bits per heavy atom. The Balaban J connectivity index is 1.47. The average Bonchev–Trinajstić information content (AvgIpc) is 3.15. The minimum atomic E-state index is -0.229. The Bertz CT molecular complexity index is 1300. The van der Waals surface area contributed by atoms with E-state index in [1.807, 2.05) is 60.0 Å². The minimum Gasteiger partial charge on any atom is -0.486 e. The van der Waals surface area contributed by atoms with Gasteiger partial charge in [0, 0.05) is 26.0 Å². The van der Waals surface area contributed by atoms with Crippen LogP contribution in [0.25, 0.3) is 22.3 Å². The summed E-state index contributed by atoms with van der Waals surface area (Å²) < 4.78 is 13.1. The van der Waals surface area contributed by atoms with Gasteiger partial charge in [0.2, 0.25) is 5.95 Å². The smallest absolute Gasteiger partial charge is 0.272 e. The maximum absolute atomic E-state index is 12.1. The van der Waals surface area contributed by atoms with Gasteiger partial charge in [0.25, 0.3) is 5.56 Å². The molecule has 2 aromatic carbocycles. The van der Waals surface area contributed by atoms with E-state index in [9.17, 15) is 4.79 Å². The fourth-order valence-corrected chi connectivity index (χ4v) is 3.68. The van der Waals surface area contributed by atoms with Crippen molar-refractivity contribution in [2.75, 3.05) is 25.2 Å². The van der Waals surface area contributed by atoms with Gasteiger partial charge in [0.1, 0.15) is 18.9 Å². The molecule has 1 aliphatic rings. The molecule has 3 heterocycles. The summed E-state index contributed by atoms with van der Waals surface area (Å²) in [5.74, 6) is 2.78. The summed E-state index contributed by atoms with van der Waals surface area (Å²) >= 11 is 0. The van der Waals surface area contributed by atoms with Gasteiger partial charge in [-0.05, 0) is 23.8 Å². The lowest BCUT2D eigenvalue weighted by Crippen LogP contribution is -2.21. The van der Waals surface area contributed by atoms with Crippen molar-refractivity contribution in [3.05, 3.63) is 58.4 Å². The van der Waals surface area contributed by atoms with Gasteiger partial charge in [-0.1, -0.05) is 24.3 Å². The molecule has 2 aromatic heterocycles. The molecule has 0 fully saturated rings. The number of fused-ring (bicyclic) bond motifs is 2. The highest BCUT2D eigenvalue weighted by Gasteiger charge is 2.19. The second-order valence-electron chi connectivity index (χ2n) is 7.16. The first-order valence-electron chi connectivity index (χ1n) is 9.58. The van der Waals surface area contributed by atoms with Crippen molar-refractivity contribution in [3.8, 4) is 23.0 Å². The van der Waals surface area contributed by atoms with Crippen molar-refractivity contribution in [2.24, 2.45) is 7.05 Å². The third kappa shape index (κ3) is 3.04. The lowest BCUT2D eigenvalue weighted by atomic mass is 10.1. The number of aromatic nitrogens is 5. The SMILES string of the molecule is CN(Cc1ccc2c(c1)OCCO2)c1nnc(-c2n[nH]c(=O)c3ccccc23)n1C. The van der Waals surface area contributed by atoms with Crippen LogP contribution in [0, 0.1) is 0 Å². The van der Waals surface area contributed by atoms with Crippen LogP contribution >= 0.6 is 0 Å². The molecule has 0 amide bonds. The van der Waals surface area contributed by atoms with Gasteiger partial charge in [-0.3, -0.25) is 9.36 Å². The number of aromatic amines is 1. The monoisotopic (exact) mass is 404 g/mol. The quantitative estimate of drug-likeness (QED) is 0.556. The van der Waals surface area contributed by atoms with E-state index in [2.05, 4.69) is 20.4 Å². The Kier molecular flexibility index (Phi) is 4.35. The average molecular weight is 404 g/mol. The molecule has 152 valence electrons. The van der Waals surface area contributed by atoms with E-state index in [-0.39, 0.29) is 5.56 Å². The maximum atomic E-state index is 12.1. The van der Waals surface area contributed by atoms with Crippen LogP contribution in [0.4, 0.5) is 5.95 Å². The number of anilines is 1. The third-order valence-electron chi connectivity index (χ3n) is 5.13. The number of nitrogens with zero attached hydrogens (tertiary/aromatic N) is 5. The van der Waals surface area contributed by atoms with Crippen LogP contribution < -0.4 is 19.9 Å². The van der Waals surface area contributed by atoms with E-state index in [1.54, 1.807) is 6.07 Å². The Labute approximate surface area is 171 Å². The van der Waals surface area contributed by atoms with Crippen LogP contribution in [0.1, 0.15) is 5.56 Å². The van der Waals surface area contributed by atoms with Gasteiger partial charge in [-0.2, -0.15) is 5.10 Å². The van der Waals surface area contributed by atoms with Crippen molar-refractivity contribution < 1.29 is 9.47 Å². The minimum absolute atomic E-state index is 0.229. The summed E-state index contributed by atoms with van der Waals surface area (Å²) in [6, 6.07) is 13.3. The summed E-state index contributed by atoms with van der Waals surface area (Å²) in [6.45, 7) is 1.74. The van der Waals surface area contributed by atoms with E-state index in [0.717, 1.165) is 22.4 Å². The lowest BCUT2D eigenvalue weighted by molar-refractivity contribution is 0.171. The molecule has 1 N–H and O–H groups in total. The summed E-state index contributed by atoms with van der Waals surface area (Å²) in [7, 11) is 3.83. The molecule has 0 unspecified atom stereocenters. The Morgan fingerprint density at radius 1 is 1.07 bits per heavy atom. The number of ether oxygens (including phenoxy) is 2. The highest BCUT2D eigenvalue weighted by Crippen LogP contribution is 2.31. The second kappa shape index (κ2) is 7.18. The zero-order valence-electron chi connectivity index (χ0n) is 16.6. The van der Waals surface area contributed by atoms with Crippen molar-refractivity contribution in [2.45, 2.75) is 6.54 Å². The van der Waals surface area contributed by atoms with Crippen LogP contribution in [-0.2, 0) is 13.6 Å². The number of rotatable bonds is 4. The van der Waals surface area contributed by atoms with E-state index in [0.29, 0.717) is 42.6 Å². The third-order valence-corrected chi connectivity index (χ3v) is 5.13. The van der Waals surface area contributed by atoms with E-state index < -0.39 is 0 Å². The van der Waals surface area contributed by atoms with Crippen LogP contribution in [0.5, 0.6) is 11.5 Å². The summed E-state index contributed by atoms with van der Waals surface area (Å²) in [4.78, 5) is 14.1. The van der Waals surface area contributed by atoms with Crippen molar-refractivity contribution in [3.63, 3.8) is 0 Å². The molecule has 9 nitrogen and oxygen atoms in total. The van der Waals surface area contributed by atoms with Gasteiger partial charge in [-0.25, -0.2) is 5.10 Å². The number of hydrogen-bond acceptors (Lipinski definition) is 7. The molecule has 0 saturated heterocycles.